The molecule has 0 fully saturated rings. The summed E-state index contributed by atoms with van der Waals surface area (Å²) in [5.41, 5.74) is 1.06. The maximum absolute atomic E-state index is 4.37. The van der Waals surface area contributed by atoms with Crippen LogP contribution in [0.25, 0.3) is 5.82 Å². The molecule has 2 heterocycles. The quantitative estimate of drug-likeness (QED) is 0.779. The molecule has 0 saturated carbocycles. The highest BCUT2D eigenvalue weighted by Crippen LogP contribution is 2.09. The van der Waals surface area contributed by atoms with E-state index in [1.54, 1.807) is 10.9 Å². The van der Waals surface area contributed by atoms with Gasteiger partial charge in [0.1, 0.15) is 0 Å². The lowest BCUT2D eigenvalue weighted by Gasteiger charge is -2.06. The molecule has 0 saturated heterocycles. The molecule has 4 nitrogen and oxygen atoms in total. The summed E-state index contributed by atoms with van der Waals surface area (Å²) in [6.07, 6.45) is 6.67. The molecule has 0 spiro atoms. The average molecular weight is 262 g/mol. The molecule has 2 aromatic heterocycles. The second kappa shape index (κ2) is 7.06. The minimum absolute atomic E-state index is 0.840. The van der Waals surface area contributed by atoms with Gasteiger partial charge in [-0.1, -0.05) is 6.92 Å². The molecule has 0 aliphatic rings. The monoisotopic (exact) mass is 262 g/mol. The molecule has 2 rings (SSSR count). The van der Waals surface area contributed by atoms with Crippen LogP contribution in [0.15, 0.2) is 36.8 Å². The number of pyridine rings is 1. The molecule has 0 aliphatic heterocycles. The van der Waals surface area contributed by atoms with Crippen LogP contribution in [0, 0.1) is 0 Å². The van der Waals surface area contributed by atoms with Gasteiger partial charge in [0.2, 0.25) is 0 Å². The third-order valence-corrected chi connectivity index (χ3v) is 3.47. The number of hydrogen-bond acceptors (Lipinski definition) is 4. The Morgan fingerprint density at radius 2 is 2.33 bits per heavy atom. The Hall–Kier alpha value is -1.49. The third kappa shape index (κ3) is 3.77. The second-order valence-corrected chi connectivity index (χ2v) is 5.23. The van der Waals surface area contributed by atoms with Crippen molar-refractivity contribution in [3.63, 3.8) is 0 Å². The first-order chi connectivity index (χ1) is 8.90. The molecule has 96 valence electrons. The highest BCUT2D eigenvalue weighted by atomic mass is 32.2. The zero-order chi connectivity index (χ0) is 12.6. The number of anilines is 1. The fourth-order valence-electron chi connectivity index (χ4n) is 1.58. The Labute approximate surface area is 112 Å². The Morgan fingerprint density at radius 3 is 3.00 bits per heavy atom. The van der Waals surface area contributed by atoms with Crippen LogP contribution in [-0.4, -0.2) is 32.8 Å². The van der Waals surface area contributed by atoms with E-state index in [0.717, 1.165) is 18.1 Å². The van der Waals surface area contributed by atoms with Crippen LogP contribution in [-0.2, 0) is 0 Å². The summed E-state index contributed by atoms with van der Waals surface area (Å²) < 4.78 is 1.75. The molecule has 0 atom stereocenters. The summed E-state index contributed by atoms with van der Waals surface area (Å²) in [6.45, 7) is 3.19. The highest BCUT2D eigenvalue weighted by Gasteiger charge is 1.97. The van der Waals surface area contributed by atoms with Gasteiger partial charge in [-0.3, -0.25) is 0 Å². The summed E-state index contributed by atoms with van der Waals surface area (Å²) in [5.74, 6) is 3.25. The minimum atomic E-state index is 0.840. The van der Waals surface area contributed by atoms with Gasteiger partial charge in [-0.05, 0) is 36.1 Å². The molecule has 0 amide bonds. The van der Waals surface area contributed by atoms with Crippen molar-refractivity contribution in [1.29, 1.82) is 0 Å². The van der Waals surface area contributed by atoms with Gasteiger partial charge in [-0.2, -0.15) is 16.9 Å². The lowest BCUT2D eigenvalue weighted by molar-refractivity contribution is 0.846. The van der Waals surface area contributed by atoms with Crippen molar-refractivity contribution in [2.75, 3.05) is 23.4 Å². The van der Waals surface area contributed by atoms with Crippen LogP contribution in [0.1, 0.15) is 13.3 Å². The van der Waals surface area contributed by atoms with Gasteiger partial charge in [0, 0.05) is 18.9 Å². The van der Waals surface area contributed by atoms with Crippen molar-refractivity contribution in [2.24, 2.45) is 0 Å². The second-order valence-electron chi connectivity index (χ2n) is 3.83. The smallest absolute Gasteiger partial charge is 0.153 e. The number of aromatic nitrogens is 3. The first-order valence-electron chi connectivity index (χ1n) is 6.18. The van der Waals surface area contributed by atoms with E-state index < -0.39 is 0 Å². The number of nitrogens with one attached hydrogen (secondary N) is 1. The number of hydrogen-bond donors (Lipinski definition) is 1. The highest BCUT2D eigenvalue weighted by molar-refractivity contribution is 7.99. The normalized spacial score (nSPS) is 10.5. The topological polar surface area (TPSA) is 42.7 Å². The predicted octanol–water partition coefficient (Wildman–Crippen LogP) is 2.82. The van der Waals surface area contributed by atoms with Gasteiger partial charge in [-0.25, -0.2) is 9.67 Å². The third-order valence-electron chi connectivity index (χ3n) is 2.49. The average Bonchev–Trinajstić information content (AvgIpc) is 2.93. The molecule has 0 aromatic carbocycles. The van der Waals surface area contributed by atoms with Crippen molar-refractivity contribution in [1.82, 2.24) is 14.8 Å². The fraction of sp³-hybridized carbons (Fsp3) is 0.385. The van der Waals surface area contributed by atoms with Gasteiger partial charge in [-0.15, -0.1) is 0 Å². The number of nitrogens with zero attached hydrogens (tertiary/aromatic N) is 3. The summed E-state index contributed by atoms with van der Waals surface area (Å²) in [7, 11) is 0. The van der Waals surface area contributed by atoms with Crippen molar-refractivity contribution < 1.29 is 0 Å². The van der Waals surface area contributed by atoms with Crippen molar-refractivity contribution >= 4 is 17.4 Å². The molecule has 2 aromatic rings. The predicted molar refractivity (Wildman–Crippen MR) is 77.5 cm³/mol. The summed E-state index contributed by atoms with van der Waals surface area (Å²) in [4.78, 5) is 4.37. The largest absolute Gasteiger partial charge is 0.384 e. The van der Waals surface area contributed by atoms with Gasteiger partial charge in [0.15, 0.2) is 5.82 Å². The molecule has 0 unspecified atom stereocenters. The van der Waals surface area contributed by atoms with E-state index in [-0.39, 0.29) is 0 Å². The maximum atomic E-state index is 4.37. The maximum Gasteiger partial charge on any atom is 0.153 e. The summed E-state index contributed by atoms with van der Waals surface area (Å²) in [6, 6.07) is 5.90. The molecule has 1 N–H and O–H groups in total. The van der Waals surface area contributed by atoms with Crippen LogP contribution in [0.3, 0.4) is 0 Å². The Bertz CT molecular complexity index is 439. The van der Waals surface area contributed by atoms with Crippen LogP contribution >= 0.6 is 11.8 Å². The van der Waals surface area contributed by atoms with Gasteiger partial charge < -0.3 is 5.32 Å². The lowest BCUT2D eigenvalue weighted by atomic mass is 10.4. The zero-order valence-electron chi connectivity index (χ0n) is 10.5. The molecule has 5 heteroatoms. The van der Waals surface area contributed by atoms with Crippen LogP contribution < -0.4 is 5.32 Å². The molecule has 18 heavy (non-hydrogen) atoms. The van der Waals surface area contributed by atoms with E-state index in [9.17, 15) is 0 Å². The summed E-state index contributed by atoms with van der Waals surface area (Å²) >= 11 is 1.98. The first kappa shape index (κ1) is 13.0. The van der Waals surface area contributed by atoms with E-state index >= 15 is 0 Å². The molecule has 0 aliphatic carbocycles. The van der Waals surface area contributed by atoms with Gasteiger partial charge in [0.05, 0.1) is 11.9 Å². The van der Waals surface area contributed by atoms with E-state index in [4.69, 9.17) is 0 Å². The lowest BCUT2D eigenvalue weighted by Crippen LogP contribution is -2.04. The Balaban J connectivity index is 1.81. The van der Waals surface area contributed by atoms with Crippen molar-refractivity contribution in [2.45, 2.75) is 13.3 Å². The minimum Gasteiger partial charge on any atom is -0.384 e. The van der Waals surface area contributed by atoms with Crippen molar-refractivity contribution in [3.8, 4) is 5.82 Å². The van der Waals surface area contributed by atoms with Crippen LogP contribution in [0.5, 0.6) is 0 Å². The van der Waals surface area contributed by atoms with Gasteiger partial charge >= 0.3 is 0 Å². The first-order valence-corrected chi connectivity index (χ1v) is 7.33. The van der Waals surface area contributed by atoms with E-state index in [1.807, 2.05) is 42.4 Å². The van der Waals surface area contributed by atoms with E-state index in [1.165, 1.54) is 17.9 Å². The van der Waals surface area contributed by atoms with E-state index in [2.05, 4.69) is 22.3 Å². The fourth-order valence-corrected chi connectivity index (χ4v) is 2.22. The van der Waals surface area contributed by atoms with Crippen molar-refractivity contribution in [3.05, 3.63) is 36.8 Å². The number of thioether (sulfide) groups is 1. The van der Waals surface area contributed by atoms with Crippen LogP contribution in [0.4, 0.5) is 5.69 Å². The Kier molecular flexibility index (Phi) is 5.08. The van der Waals surface area contributed by atoms with Crippen LogP contribution in [0.2, 0.25) is 0 Å². The van der Waals surface area contributed by atoms with E-state index in [0.29, 0.717) is 0 Å². The molecular formula is C13H18N4S. The molecule has 0 bridgehead atoms. The zero-order valence-corrected chi connectivity index (χ0v) is 11.4. The molecular weight excluding hydrogens is 244 g/mol. The summed E-state index contributed by atoms with van der Waals surface area (Å²) in [5, 5.41) is 7.51. The standard InChI is InChI=1S/C13H18N4S/c1-2-18-10-4-7-14-12-5-6-13(15-11-12)17-9-3-8-16-17/h3,5-6,8-9,11,14H,2,4,7,10H2,1H3. The molecule has 0 radical (unpaired) electrons. The number of rotatable bonds is 7. The Morgan fingerprint density at radius 1 is 1.39 bits per heavy atom. The SMILES string of the molecule is CCSCCCNc1ccc(-n2cccn2)nc1. The van der Waals surface area contributed by atoms with Gasteiger partial charge in [0.25, 0.3) is 0 Å².